The van der Waals surface area contributed by atoms with Crippen molar-refractivity contribution in [2.75, 3.05) is 32.8 Å². The molecule has 0 saturated carbocycles. The molecule has 1 fully saturated rings. The van der Waals surface area contributed by atoms with E-state index in [1.54, 1.807) is 12.1 Å². The quantitative estimate of drug-likeness (QED) is 0.366. The fraction of sp³-hybridized carbons (Fsp3) is 0.500. The smallest absolute Gasteiger partial charge is 0.328 e. The zero-order chi connectivity index (χ0) is 25.7. The number of amides is 5. The number of piperidine rings is 1. The van der Waals surface area contributed by atoms with Crippen molar-refractivity contribution in [1.29, 1.82) is 0 Å². The van der Waals surface area contributed by atoms with E-state index in [0.29, 0.717) is 13.1 Å². The molecule has 11 heteroatoms. The number of ether oxygens (including phenoxy) is 1. The van der Waals surface area contributed by atoms with Gasteiger partial charge in [-0.15, -0.1) is 0 Å². The van der Waals surface area contributed by atoms with Crippen LogP contribution in [0.2, 0.25) is 0 Å². The molecule has 0 radical (unpaired) electrons. The number of likely N-dealkylation sites (tertiary alicyclic amines) is 1. The third-order valence-electron chi connectivity index (χ3n) is 6.17. The molecule has 0 bridgehead atoms. The molecule has 5 amide bonds. The van der Waals surface area contributed by atoms with E-state index >= 15 is 0 Å². The minimum atomic E-state index is -1.10. The van der Waals surface area contributed by atoms with Gasteiger partial charge in [-0.3, -0.25) is 38.7 Å². The molecule has 1 unspecified atom stereocenters. The molecule has 2 aliphatic rings. The molecule has 0 aliphatic carbocycles. The van der Waals surface area contributed by atoms with Crippen LogP contribution in [0.4, 0.5) is 0 Å². The molecule has 188 valence electrons. The lowest BCUT2D eigenvalue weighted by atomic mass is 10.0. The number of nitrogens with zero attached hydrogens (tertiary/aromatic N) is 3. The topological polar surface area (TPSA) is 133 Å². The van der Waals surface area contributed by atoms with Gasteiger partial charge in [-0.2, -0.15) is 0 Å². The van der Waals surface area contributed by atoms with Gasteiger partial charge in [0.15, 0.2) is 0 Å². The Kier molecular flexibility index (Phi) is 8.34. The number of benzene rings is 1. The number of carbonyl (C=O) groups is 6. The van der Waals surface area contributed by atoms with E-state index < -0.39 is 41.7 Å². The van der Waals surface area contributed by atoms with Crippen molar-refractivity contribution < 1.29 is 33.5 Å². The first-order chi connectivity index (χ1) is 16.7. The second kappa shape index (κ2) is 11.2. The Morgan fingerprint density at radius 2 is 1.69 bits per heavy atom. The summed E-state index contributed by atoms with van der Waals surface area (Å²) >= 11 is 0. The number of imide groups is 2. The molecular weight excluding hydrogens is 456 g/mol. The largest absolute Gasteiger partial charge is 0.462 e. The highest BCUT2D eigenvalue weighted by atomic mass is 16.5. The Morgan fingerprint density at radius 3 is 2.26 bits per heavy atom. The summed E-state index contributed by atoms with van der Waals surface area (Å²) in [5.74, 6) is -3.32. The first-order valence-electron chi connectivity index (χ1n) is 11.7. The molecule has 1 N–H and O–H groups in total. The molecule has 1 aromatic rings. The molecule has 1 saturated heterocycles. The predicted octanol–water partition coefficient (Wildman–Crippen LogP) is 0.190. The van der Waals surface area contributed by atoms with E-state index in [1.807, 2.05) is 18.7 Å². The van der Waals surface area contributed by atoms with Crippen molar-refractivity contribution in [3.63, 3.8) is 0 Å². The lowest BCUT2D eigenvalue weighted by molar-refractivity contribution is -0.156. The first kappa shape index (κ1) is 26.0. The van der Waals surface area contributed by atoms with Gasteiger partial charge in [-0.1, -0.05) is 26.0 Å². The van der Waals surface area contributed by atoms with Crippen LogP contribution in [0.5, 0.6) is 0 Å². The molecule has 1 aromatic carbocycles. The number of rotatable bonds is 10. The van der Waals surface area contributed by atoms with Gasteiger partial charge in [0.2, 0.25) is 11.8 Å². The summed E-state index contributed by atoms with van der Waals surface area (Å²) in [5.41, 5.74) is 0.444. The molecule has 11 nitrogen and oxygen atoms in total. The van der Waals surface area contributed by atoms with E-state index in [1.165, 1.54) is 19.1 Å². The predicted molar refractivity (Wildman–Crippen MR) is 123 cm³/mol. The van der Waals surface area contributed by atoms with Crippen LogP contribution in [0.25, 0.3) is 0 Å². The maximum absolute atomic E-state index is 13.0. The number of hydrogen-bond donors (Lipinski definition) is 1. The third kappa shape index (κ3) is 5.56. The van der Waals surface area contributed by atoms with Crippen molar-refractivity contribution >= 4 is 35.5 Å². The molecule has 2 aliphatic heterocycles. The van der Waals surface area contributed by atoms with Crippen LogP contribution in [0.1, 0.15) is 54.3 Å². The summed E-state index contributed by atoms with van der Waals surface area (Å²) in [7, 11) is 0. The van der Waals surface area contributed by atoms with Crippen LogP contribution in [0.15, 0.2) is 24.3 Å². The SMILES string of the molecule is CCN(CC)CC(=O)N[C@@H](C)C(=O)OCCN1C(=O)CCC(N2C(=O)c3ccccc3C2=O)C1=O. The molecule has 2 heterocycles. The molecular formula is C24H30N4O7. The van der Waals surface area contributed by atoms with Gasteiger partial charge in [0.05, 0.1) is 24.2 Å². The number of hydrogen-bond acceptors (Lipinski definition) is 8. The first-order valence-corrected chi connectivity index (χ1v) is 11.7. The Bertz CT molecular complexity index is 1000. The number of likely N-dealkylation sites (N-methyl/N-ethyl adjacent to an activating group) is 1. The highest BCUT2D eigenvalue weighted by molar-refractivity contribution is 6.23. The summed E-state index contributed by atoms with van der Waals surface area (Å²) in [6.45, 7) is 6.39. The van der Waals surface area contributed by atoms with Crippen molar-refractivity contribution in [2.45, 2.75) is 45.7 Å². The lowest BCUT2D eigenvalue weighted by Gasteiger charge is -2.34. The number of carbonyl (C=O) groups excluding carboxylic acids is 6. The lowest BCUT2D eigenvalue weighted by Crippen LogP contribution is -2.56. The monoisotopic (exact) mass is 486 g/mol. The van der Waals surface area contributed by atoms with Gasteiger partial charge in [0, 0.05) is 6.42 Å². The Labute approximate surface area is 203 Å². The summed E-state index contributed by atoms with van der Waals surface area (Å²) < 4.78 is 5.15. The van der Waals surface area contributed by atoms with Crippen LogP contribution in [-0.2, 0) is 23.9 Å². The molecule has 35 heavy (non-hydrogen) atoms. The van der Waals surface area contributed by atoms with Crippen molar-refractivity contribution in [1.82, 2.24) is 20.0 Å². The fourth-order valence-corrected chi connectivity index (χ4v) is 4.15. The zero-order valence-electron chi connectivity index (χ0n) is 20.1. The number of fused-ring (bicyclic) bond motifs is 1. The van der Waals surface area contributed by atoms with E-state index in [9.17, 15) is 28.8 Å². The van der Waals surface area contributed by atoms with Gasteiger partial charge in [0.25, 0.3) is 17.7 Å². The normalized spacial score (nSPS) is 18.7. The van der Waals surface area contributed by atoms with E-state index in [2.05, 4.69) is 5.32 Å². The Hall–Kier alpha value is -3.60. The van der Waals surface area contributed by atoms with Gasteiger partial charge < -0.3 is 10.1 Å². The van der Waals surface area contributed by atoms with E-state index in [0.717, 1.165) is 9.80 Å². The number of esters is 1. The molecule has 3 rings (SSSR count). The van der Waals surface area contributed by atoms with E-state index in [-0.39, 0.29) is 49.6 Å². The second-order valence-corrected chi connectivity index (χ2v) is 8.38. The van der Waals surface area contributed by atoms with Crippen molar-refractivity contribution in [3.8, 4) is 0 Å². The average Bonchev–Trinajstić information content (AvgIpc) is 3.09. The van der Waals surface area contributed by atoms with Gasteiger partial charge in [0.1, 0.15) is 18.7 Å². The molecule has 0 spiro atoms. The van der Waals surface area contributed by atoms with Crippen LogP contribution in [-0.4, -0.2) is 95.1 Å². The van der Waals surface area contributed by atoms with Crippen LogP contribution >= 0.6 is 0 Å². The molecule has 0 aromatic heterocycles. The minimum Gasteiger partial charge on any atom is -0.462 e. The summed E-state index contributed by atoms with van der Waals surface area (Å²) in [4.78, 5) is 79.0. The average molecular weight is 487 g/mol. The van der Waals surface area contributed by atoms with Crippen molar-refractivity contribution in [3.05, 3.63) is 35.4 Å². The standard InChI is InChI=1S/C24H30N4O7/c1-4-26(5-2)14-19(29)25-15(3)24(34)35-13-12-27-20(30)11-10-18(23(27)33)28-21(31)16-8-6-7-9-17(16)22(28)32/h6-9,15,18H,4-5,10-14H2,1-3H3,(H,25,29)/t15-,18?/m0/s1. The Balaban J connectivity index is 1.55. The fourth-order valence-electron chi connectivity index (χ4n) is 4.15. The molecule has 2 atom stereocenters. The zero-order valence-corrected chi connectivity index (χ0v) is 20.1. The third-order valence-corrected chi connectivity index (χ3v) is 6.17. The van der Waals surface area contributed by atoms with Gasteiger partial charge in [-0.25, -0.2) is 4.79 Å². The Morgan fingerprint density at radius 1 is 1.09 bits per heavy atom. The van der Waals surface area contributed by atoms with Crippen LogP contribution < -0.4 is 5.32 Å². The maximum Gasteiger partial charge on any atom is 0.328 e. The summed E-state index contributed by atoms with van der Waals surface area (Å²) in [6.07, 6.45) is 0.00457. The van der Waals surface area contributed by atoms with Gasteiger partial charge in [-0.05, 0) is 38.6 Å². The second-order valence-electron chi connectivity index (χ2n) is 8.38. The summed E-state index contributed by atoms with van der Waals surface area (Å²) in [5, 5.41) is 2.56. The van der Waals surface area contributed by atoms with Gasteiger partial charge >= 0.3 is 5.97 Å². The number of nitrogens with one attached hydrogen (secondary N) is 1. The van der Waals surface area contributed by atoms with Crippen LogP contribution in [0.3, 0.4) is 0 Å². The minimum absolute atomic E-state index is 0.0322. The van der Waals surface area contributed by atoms with E-state index in [4.69, 9.17) is 4.74 Å². The highest BCUT2D eigenvalue weighted by Crippen LogP contribution is 2.28. The summed E-state index contributed by atoms with van der Waals surface area (Å²) in [6, 6.07) is 4.30. The maximum atomic E-state index is 13.0. The van der Waals surface area contributed by atoms with Crippen molar-refractivity contribution in [2.24, 2.45) is 0 Å². The van der Waals surface area contributed by atoms with Crippen LogP contribution in [0, 0.1) is 0 Å². The highest BCUT2D eigenvalue weighted by Gasteiger charge is 2.46.